The molecule has 0 radical (unpaired) electrons. The van der Waals surface area contributed by atoms with Crippen LogP contribution in [0.3, 0.4) is 0 Å². The fraction of sp³-hybridized carbons (Fsp3) is 0.950. The van der Waals surface area contributed by atoms with Crippen LogP contribution < -0.4 is 0 Å². The summed E-state index contributed by atoms with van der Waals surface area (Å²) in [6.07, 6.45) is 19.0. The number of carbonyl (C=O) groups is 1. The Hall–Kier alpha value is -0.610. The molecule has 0 atom stereocenters. The molecule has 2 N–H and O–H groups in total. The Balaban J connectivity index is 3.19. The Bertz CT molecular complexity index is 289. The Kier molecular flexibility index (Phi) is 15.5. The highest BCUT2D eigenvalue weighted by Crippen LogP contribution is 2.16. The van der Waals surface area contributed by atoms with E-state index >= 15 is 0 Å². The van der Waals surface area contributed by atoms with Crippen LogP contribution in [0.2, 0.25) is 0 Å². The zero-order valence-electron chi connectivity index (χ0n) is 16.0. The molecule has 0 aliphatic rings. The number of hydrogen-bond acceptors (Lipinski definition) is 4. The van der Waals surface area contributed by atoms with E-state index in [9.17, 15) is 15.0 Å². The molecule has 0 aromatic carbocycles. The van der Waals surface area contributed by atoms with E-state index < -0.39 is 11.9 Å². The molecular weight excluding hydrogens is 304 g/mol. The summed E-state index contributed by atoms with van der Waals surface area (Å²) in [5.41, 5.74) is 0. The Morgan fingerprint density at radius 2 is 1.04 bits per heavy atom. The van der Waals surface area contributed by atoms with E-state index in [2.05, 4.69) is 11.7 Å². The molecule has 144 valence electrons. The minimum atomic E-state index is -2.29. The van der Waals surface area contributed by atoms with Crippen molar-refractivity contribution in [3.8, 4) is 0 Å². The van der Waals surface area contributed by atoms with Gasteiger partial charge in [-0.1, -0.05) is 96.8 Å². The van der Waals surface area contributed by atoms with Gasteiger partial charge in [0.2, 0.25) is 0 Å². The average Bonchev–Trinajstić information content (AvgIpc) is 2.49. The van der Waals surface area contributed by atoms with Crippen molar-refractivity contribution in [3.05, 3.63) is 0 Å². The van der Waals surface area contributed by atoms with E-state index in [-0.39, 0.29) is 6.42 Å². The van der Waals surface area contributed by atoms with Crippen LogP contribution in [-0.2, 0) is 9.53 Å². The molecule has 0 unspecified atom stereocenters. The van der Waals surface area contributed by atoms with Gasteiger partial charge in [-0.25, -0.2) is 0 Å². The third-order valence-corrected chi connectivity index (χ3v) is 4.41. The normalized spacial score (nSPS) is 11.7. The first-order chi connectivity index (χ1) is 11.5. The monoisotopic (exact) mass is 344 g/mol. The van der Waals surface area contributed by atoms with Gasteiger partial charge in [-0.05, 0) is 6.42 Å². The lowest BCUT2D eigenvalue weighted by Crippen LogP contribution is -2.33. The van der Waals surface area contributed by atoms with Gasteiger partial charge in [-0.15, -0.1) is 0 Å². The van der Waals surface area contributed by atoms with Crippen LogP contribution in [-0.4, -0.2) is 22.2 Å². The van der Waals surface area contributed by atoms with E-state index in [0.29, 0.717) is 6.42 Å². The predicted octanol–water partition coefficient (Wildman–Crippen LogP) is 5.45. The second kappa shape index (κ2) is 15.9. The van der Waals surface area contributed by atoms with Gasteiger partial charge in [0.25, 0.3) is 0 Å². The summed E-state index contributed by atoms with van der Waals surface area (Å²) in [6.45, 7) is 3.43. The van der Waals surface area contributed by atoms with Gasteiger partial charge >= 0.3 is 11.9 Å². The summed E-state index contributed by atoms with van der Waals surface area (Å²) >= 11 is 0. The number of esters is 1. The minimum Gasteiger partial charge on any atom is -0.408 e. The number of hydrogen-bond donors (Lipinski definition) is 2. The van der Waals surface area contributed by atoms with Crippen LogP contribution in [0.15, 0.2) is 0 Å². The summed E-state index contributed by atoms with van der Waals surface area (Å²) in [7, 11) is 0. The first kappa shape index (κ1) is 23.4. The Morgan fingerprint density at radius 1 is 0.708 bits per heavy atom. The van der Waals surface area contributed by atoms with Crippen molar-refractivity contribution < 1.29 is 19.7 Å². The van der Waals surface area contributed by atoms with Crippen molar-refractivity contribution in [1.82, 2.24) is 0 Å². The quantitative estimate of drug-likeness (QED) is 0.209. The highest BCUT2D eigenvalue weighted by molar-refractivity contribution is 5.66. The number of unbranched alkanes of at least 4 members (excludes halogenated alkanes) is 14. The molecule has 0 aromatic rings. The predicted molar refractivity (Wildman–Crippen MR) is 98.5 cm³/mol. The van der Waals surface area contributed by atoms with E-state index in [4.69, 9.17) is 0 Å². The zero-order valence-corrected chi connectivity index (χ0v) is 16.0. The van der Waals surface area contributed by atoms with Gasteiger partial charge in [-0.3, -0.25) is 4.79 Å². The first-order valence-corrected chi connectivity index (χ1v) is 10.1. The zero-order chi connectivity index (χ0) is 18.1. The topological polar surface area (TPSA) is 66.8 Å². The molecular formula is C20H40O4. The maximum atomic E-state index is 10.7. The highest BCUT2D eigenvalue weighted by Gasteiger charge is 2.25. The maximum Gasteiger partial charge on any atom is 0.324 e. The SMILES string of the molecule is CCCCCCCCCCCCCCCCCC(O)(O)OC(C)=O. The molecule has 4 nitrogen and oxygen atoms in total. The lowest BCUT2D eigenvalue weighted by Gasteiger charge is -2.20. The van der Waals surface area contributed by atoms with Crippen LogP contribution in [0, 0.1) is 0 Å². The third kappa shape index (κ3) is 17.7. The van der Waals surface area contributed by atoms with Crippen LogP contribution in [0.25, 0.3) is 0 Å². The largest absolute Gasteiger partial charge is 0.408 e. The molecule has 0 aliphatic heterocycles. The third-order valence-electron chi connectivity index (χ3n) is 4.41. The summed E-state index contributed by atoms with van der Waals surface area (Å²) < 4.78 is 4.43. The number of aliphatic hydroxyl groups is 2. The molecule has 0 heterocycles. The van der Waals surface area contributed by atoms with Gasteiger partial charge in [0.15, 0.2) is 0 Å². The van der Waals surface area contributed by atoms with Crippen molar-refractivity contribution in [1.29, 1.82) is 0 Å². The van der Waals surface area contributed by atoms with Crippen LogP contribution in [0.4, 0.5) is 0 Å². The fourth-order valence-electron chi connectivity index (χ4n) is 3.01. The maximum absolute atomic E-state index is 10.7. The van der Waals surface area contributed by atoms with E-state index in [1.54, 1.807) is 0 Å². The summed E-state index contributed by atoms with van der Waals surface area (Å²) in [6, 6.07) is 0. The van der Waals surface area contributed by atoms with Crippen molar-refractivity contribution >= 4 is 5.97 Å². The standard InChI is InChI=1S/C20H40O4/c1-3-4-5-6-7-8-9-10-11-12-13-14-15-16-17-18-20(22,23)24-19(2)21/h22-23H,3-18H2,1-2H3. The van der Waals surface area contributed by atoms with E-state index in [0.717, 1.165) is 12.8 Å². The van der Waals surface area contributed by atoms with Gasteiger partial charge < -0.3 is 14.9 Å². The molecule has 0 bridgehead atoms. The van der Waals surface area contributed by atoms with Gasteiger partial charge in [-0.2, -0.15) is 0 Å². The van der Waals surface area contributed by atoms with Crippen molar-refractivity contribution in [2.75, 3.05) is 0 Å². The van der Waals surface area contributed by atoms with Crippen molar-refractivity contribution in [2.24, 2.45) is 0 Å². The number of carbonyl (C=O) groups excluding carboxylic acids is 1. The van der Waals surface area contributed by atoms with Gasteiger partial charge in [0.05, 0.1) is 0 Å². The van der Waals surface area contributed by atoms with Crippen LogP contribution >= 0.6 is 0 Å². The smallest absolute Gasteiger partial charge is 0.324 e. The van der Waals surface area contributed by atoms with Crippen LogP contribution in [0.1, 0.15) is 117 Å². The Morgan fingerprint density at radius 3 is 1.38 bits per heavy atom. The molecule has 0 fully saturated rings. The average molecular weight is 345 g/mol. The molecule has 24 heavy (non-hydrogen) atoms. The molecule has 0 amide bonds. The molecule has 4 heteroatoms. The molecule has 0 aliphatic carbocycles. The minimum absolute atomic E-state index is 0.0881. The van der Waals surface area contributed by atoms with Crippen molar-refractivity contribution in [3.63, 3.8) is 0 Å². The van der Waals surface area contributed by atoms with Crippen LogP contribution in [0.5, 0.6) is 0 Å². The number of ether oxygens (including phenoxy) is 1. The number of rotatable bonds is 17. The first-order valence-electron chi connectivity index (χ1n) is 10.1. The molecule has 0 spiro atoms. The summed E-state index contributed by atoms with van der Waals surface area (Å²) in [4.78, 5) is 10.7. The molecule has 0 saturated heterocycles. The molecule has 0 saturated carbocycles. The summed E-state index contributed by atoms with van der Waals surface area (Å²) in [5, 5.41) is 18.8. The fourth-order valence-corrected chi connectivity index (χ4v) is 3.01. The second-order valence-corrected chi connectivity index (χ2v) is 7.04. The highest BCUT2D eigenvalue weighted by atomic mass is 16.8. The van der Waals surface area contributed by atoms with Gasteiger partial charge in [0, 0.05) is 13.3 Å². The molecule has 0 rings (SSSR count). The lowest BCUT2D eigenvalue weighted by molar-refractivity contribution is -0.321. The van der Waals surface area contributed by atoms with E-state index in [1.165, 1.54) is 84.0 Å². The van der Waals surface area contributed by atoms with Gasteiger partial charge in [0.1, 0.15) is 0 Å². The molecule has 0 aromatic heterocycles. The Labute approximate surface area is 149 Å². The summed E-state index contributed by atoms with van der Waals surface area (Å²) in [5.74, 6) is -2.96. The van der Waals surface area contributed by atoms with E-state index in [1.807, 2.05) is 0 Å². The second-order valence-electron chi connectivity index (χ2n) is 7.04. The lowest BCUT2D eigenvalue weighted by atomic mass is 10.0. The van der Waals surface area contributed by atoms with Crippen molar-refractivity contribution in [2.45, 2.75) is 123 Å².